The van der Waals surface area contributed by atoms with Crippen LogP contribution in [0.4, 0.5) is 0 Å². The van der Waals surface area contributed by atoms with Crippen LogP contribution in [0.25, 0.3) is 0 Å². The second-order valence-corrected chi connectivity index (χ2v) is 7.03. The average molecular weight is 325 g/mol. The largest absolute Gasteiger partial charge is 0.381 e. The Balaban J connectivity index is 1.44. The van der Waals surface area contributed by atoms with E-state index in [9.17, 15) is 0 Å². The Morgan fingerprint density at radius 2 is 1.91 bits per heavy atom. The molecule has 1 heterocycles. The molecule has 2 N–H and O–H groups in total. The highest BCUT2D eigenvalue weighted by Gasteiger charge is 2.20. The van der Waals surface area contributed by atoms with Crippen molar-refractivity contribution in [2.24, 2.45) is 10.9 Å². The molecule has 2 fully saturated rings. The van der Waals surface area contributed by atoms with Crippen molar-refractivity contribution in [3.05, 3.63) is 0 Å². The maximum atomic E-state index is 5.64. The summed E-state index contributed by atoms with van der Waals surface area (Å²) >= 11 is 0. The molecule has 0 aromatic heterocycles. The summed E-state index contributed by atoms with van der Waals surface area (Å²) in [6.07, 6.45) is 9.07. The zero-order chi connectivity index (χ0) is 16.3. The first-order chi connectivity index (χ1) is 11.3. The molecule has 2 aliphatic rings. The molecule has 1 aliphatic carbocycles. The zero-order valence-corrected chi connectivity index (χ0v) is 15.1. The second-order valence-electron chi connectivity index (χ2n) is 7.03. The Morgan fingerprint density at radius 1 is 1.13 bits per heavy atom. The number of hydrogen-bond acceptors (Lipinski definition) is 3. The van der Waals surface area contributed by atoms with Gasteiger partial charge in [-0.2, -0.15) is 0 Å². The summed E-state index contributed by atoms with van der Waals surface area (Å²) in [5.74, 6) is 1.78. The number of piperidine rings is 1. The molecule has 0 bridgehead atoms. The van der Waals surface area contributed by atoms with Gasteiger partial charge in [0.25, 0.3) is 0 Å². The Labute approximate surface area is 142 Å². The molecule has 0 aromatic carbocycles. The Morgan fingerprint density at radius 3 is 2.61 bits per heavy atom. The van der Waals surface area contributed by atoms with E-state index in [1.165, 1.54) is 51.6 Å². The highest BCUT2D eigenvalue weighted by atomic mass is 16.5. The van der Waals surface area contributed by atoms with Crippen molar-refractivity contribution in [1.29, 1.82) is 0 Å². The molecular weight excluding hydrogens is 288 g/mol. The van der Waals surface area contributed by atoms with Gasteiger partial charge in [0, 0.05) is 45.9 Å². The van der Waals surface area contributed by atoms with Crippen LogP contribution in [0.3, 0.4) is 0 Å². The number of aliphatic imine (C=N–C) groups is 1. The van der Waals surface area contributed by atoms with Crippen LogP contribution in [0, 0.1) is 5.92 Å². The van der Waals surface area contributed by atoms with Gasteiger partial charge in [-0.05, 0) is 57.9 Å². The molecule has 0 spiro atoms. The molecule has 5 heteroatoms. The molecule has 1 unspecified atom stereocenters. The fourth-order valence-electron chi connectivity index (χ4n) is 3.11. The maximum Gasteiger partial charge on any atom is 0.190 e. The summed E-state index contributed by atoms with van der Waals surface area (Å²) in [5, 5.41) is 6.78. The van der Waals surface area contributed by atoms with Gasteiger partial charge in [-0.1, -0.05) is 6.42 Å². The summed E-state index contributed by atoms with van der Waals surface area (Å²) in [5.41, 5.74) is 0. The van der Waals surface area contributed by atoms with Crippen LogP contribution >= 0.6 is 0 Å². The Hall–Kier alpha value is -0.810. The normalized spacial score (nSPS) is 23.0. The van der Waals surface area contributed by atoms with E-state index in [0.717, 1.165) is 50.6 Å². The quantitative estimate of drug-likeness (QED) is 0.368. The Kier molecular flexibility index (Phi) is 8.76. The summed E-state index contributed by atoms with van der Waals surface area (Å²) < 4.78 is 5.64. The van der Waals surface area contributed by atoms with Crippen LogP contribution in [0.5, 0.6) is 0 Å². The molecule has 1 aliphatic heterocycles. The van der Waals surface area contributed by atoms with E-state index in [0.29, 0.717) is 0 Å². The monoisotopic (exact) mass is 324 g/mol. The van der Waals surface area contributed by atoms with Crippen molar-refractivity contribution in [2.75, 3.05) is 46.4 Å². The molecule has 5 nitrogen and oxygen atoms in total. The minimum atomic E-state index is 0.761. The lowest BCUT2D eigenvalue weighted by atomic mass is 10.0. The van der Waals surface area contributed by atoms with Gasteiger partial charge in [0.1, 0.15) is 0 Å². The van der Waals surface area contributed by atoms with Crippen LogP contribution in [-0.2, 0) is 4.74 Å². The summed E-state index contributed by atoms with van der Waals surface area (Å²) in [7, 11) is 1.84. The fourth-order valence-corrected chi connectivity index (χ4v) is 3.11. The minimum absolute atomic E-state index is 0.761. The van der Waals surface area contributed by atoms with E-state index < -0.39 is 0 Å². The van der Waals surface area contributed by atoms with Crippen LogP contribution in [0.2, 0.25) is 0 Å². The molecule has 0 amide bonds. The Bertz CT molecular complexity index is 344. The van der Waals surface area contributed by atoms with Gasteiger partial charge in [-0.3, -0.25) is 4.99 Å². The van der Waals surface area contributed by atoms with Gasteiger partial charge in [0.2, 0.25) is 0 Å². The van der Waals surface area contributed by atoms with Crippen molar-refractivity contribution >= 4 is 5.96 Å². The lowest BCUT2D eigenvalue weighted by molar-refractivity contribution is 0.123. The number of guanidine groups is 1. The van der Waals surface area contributed by atoms with Crippen LogP contribution in [0.15, 0.2) is 4.99 Å². The molecule has 0 aromatic rings. The highest BCUT2D eigenvalue weighted by molar-refractivity contribution is 5.79. The first-order valence-electron chi connectivity index (χ1n) is 9.56. The van der Waals surface area contributed by atoms with E-state index in [2.05, 4.69) is 27.4 Å². The van der Waals surface area contributed by atoms with Crippen molar-refractivity contribution in [2.45, 2.75) is 57.9 Å². The van der Waals surface area contributed by atoms with Crippen molar-refractivity contribution in [3.8, 4) is 0 Å². The van der Waals surface area contributed by atoms with Crippen LogP contribution in [0.1, 0.15) is 51.9 Å². The minimum Gasteiger partial charge on any atom is -0.381 e. The van der Waals surface area contributed by atoms with Crippen molar-refractivity contribution < 1.29 is 4.74 Å². The lowest BCUT2D eigenvalue weighted by Crippen LogP contribution is -2.41. The summed E-state index contributed by atoms with van der Waals surface area (Å²) in [4.78, 5) is 6.91. The number of nitrogens with one attached hydrogen (secondary N) is 2. The predicted octanol–water partition coefficient (Wildman–Crippen LogP) is 2.23. The van der Waals surface area contributed by atoms with Gasteiger partial charge in [0.05, 0.1) is 0 Å². The highest BCUT2D eigenvalue weighted by Crippen LogP contribution is 2.28. The number of likely N-dealkylation sites (tertiary alicyclic amines) is 1. The van der Waals surface area contributed by atoms with E-state index in [1.807, 2.05) is 7.05 Å². The maximum absolute atomic E-state index is 5.64. The van der Waals surface area contributed by atoms with Crippen molar-refractivity contribution in [3.63, 3.8) is 0 Å². The first-order valence-corrected chi connectivity index (χ1v) is 9.56. The average Bonchev–Trinajstić information content (AvgIpc) is 3.38. The predicted molar refractivity (Wildman–Crippen MR) is 97.0 cm³/mol. The van der Waals surface area contributed by atoms with Gasteiger partial charge in [0.15, 0.2) is 5.96 Å². The van der Waals surface area contributed by atoms with Crippen molar-refractivity contribution in [1.82, 2.24) is 15.5 Å². The first kappa shape index (κ1) is 18.5. The molecule has 134 valence electrons. The number of ether oxygens (including phenoxy) is 1. The van der Waals surface area contributed by atoms with E-state index in [1.54, 1.807) is 0 Å². The standard InChI is InChI=1S/C18H36N4O/c1-16-7-3-4-12-22(16)13-5-10-20-18(19-2)21-11-6-14-23-15-17-8-9-17/h16-17H,3-15H2,1-2H3,(H2,19,20,21). The van der Waals surface area contributed by atoms with E-state index >= 15 is 0 Å². The molecule has 1 saturated carbocycles. The zero-order valence-electron chi connectivity index (χ0n) is 15.1. The SMILES string of the molecule is CN=C(NCCCOCC1CC1)NCCCN1CCCCC1C. The summed E-state index contributed by atoms with van der Waals surface area (Å²) in [6.45, 7) is 8.55. The third kappa shape index (κ3) is 8.02. The lowest BCUT2D eigenvalue weighted by Gasteiger charge is -2.33. The molecule has 0 radical (unpaired) electrons. The number of nitrogens with zero attached hydrogens (tertiary/aromatic N) is 2. The fraction of sp³-hybridized carbons (Fsp3) is 0.944. The van der Waals surface area contributed by atoms with Gasteiger partial charge in [-0.25, -0.2) is 0 Å². The molecular formula is C18H36N4O. The van der Waals surface area contributed by atoms with Gasteiger partial charge in [-0.15, -0.1) is 0 Å². The third-order valence-corrected chi connectivity index (χ3v) is 4.89. The molecule has 2 rings (SSSR count). The van der Waals surface area contributed by atoms with Crippen LogP contribution in [-0.4, -0.2) is 63.3 Å². The third-order valence-electron chi connectivity index (χ3n) is 4.89. The molecule has 1 atom stereocenters. The molecule has 1 saturated heterocycles. The smallest absolute Gasteiger partial charge is 0.190 e. The molecule has 23 heavy (non-hydrogen) atoms. The van der Waals surface area contributed by atoms with Gasteiger partial charge >= 0.3 is 0 Å². The number of hydrogen-bond donors (Lipinski definition) is 2. The number of rotatable bonds is 10. The summed E-state index contributed by atoms with van der Waals surface area (Å²) in [6, 6.07) is 0.761. The van der Waals surface area contributed by atoms with Gasteiger partial charge < -0.3 is 20.3 Å². The van der Waals surface area contributed by atoms with Crippen LogP contribution < -0.4 is 10.6 Å². The topological polar surface area (TPSA) is 48.9 Å². The second kappa shape index (κ2) is 10.9. The van der Waals surface area contributed by atoms with E-state index in [4.69, 9.17) is 4.74 Å². The van der Waals surface area contributed by atoms with E-state index in [-0.39, 0.29) is 0 Å².